The van der Waals surface area contributed by atoms with Gasteiger partial charge in [0.15, 0.2) is 5.75 Å². The molecule has 2 aromatic carbocycles. The number of hydrogen-bond acceptors (Lipinski definition) is 3. The van der Waals surface area contributed by atoms with Crippen LogP contribution in [0.25, 0.3) is 0 Å². The first-order chi connectivity index (χ1) is 11.1. The number of carbonyl (C=O) groups is 1. The van der Waals surface area contributed by atoms with Gasteiger partial charge in [-0.1, -0.05) is 29.8 Å². The minimum absolute atomic E-state index is 0.239. The van der Waals surface area contributed by atoms with Crippen molar-refractivity contribution in [3.8, 4) is 11.5 Å². The zero-order valence-electron chi connectivity index (χ0n) is 12.4. The molecule has 2 atom stereocenters. The largest absolute Gasteiger partial charge is 0.481 e. The molecule has 23 heavy (non-hydrogen) atoms. The molecule has 0 amide bonds. The molecule has 4 rings (SSSR count). The number of aliphatic carboxylic acids is 1. The highest BCUT2D eigenvalue weighted by Gasteiger charge is 2.41. The average Bonchev–Trinajstić information content (AvgIpc) is 2.69. The second-order valence-corrected chi connectivity index (χ2v) is 6.41. The van der Waals surface area contributed by atoms with Gasteiger partial charge in [0.25, 0.3) is 0 Å². The number of carboxylic acid groups (broad SMARTS) is 1. The molecule has 1 fully saturated rings. The summed E-state index contributed by atoms with van der Waals surface area (Å²) in [5.41, 5.74) is 1.79. The molecule has 4 nitrogen and oxygen atoms in total. The molecule has 2 aliphatic heterocycles. The van der Waals surface area contributed by atoms with Gasteiger partial charge in [0.05, 0.1) is 17.6 Å². The Bertz CT molecular complexity index is 777. The fourth-order valence-electron chi connectivity index (χ4n) is 3.65. The summed E-state index contributed by atoms with van der Waals surface area (Å²) in [7, 11) is 0. The van der Waals surface area contributed by atoms with Crippen LogP contribution >= 0.6 is 11.6 Å². The van der Waals surface area contributed by atoms with E-state index in [4.69, 9.17) is 16.3 Å². The molecule has 0 unspecified atom stereocenters. The van der Waals surface area contributed by atoms with Crippen LogP contribution < -0.4 is 9.64 Å². The number of para-hydroxylation sites is 1. The van der Waals surface area contributed by atoms with Gasteiger partial charge in [-0.3, -0.25) is 4.79 Å². The predicted molar refractivity (Wildman–Crippen MR) is 88.4 cm³/mol. The maximum Gasteiger partial charge on any atom is 0.308 e. The molecule has 2 aromatic rings. The fourth-order valence-corrected chi connectivity index (χ4v) is 3.81. The number of nitrogens with zero attached hydrogens (tertiary/aromatic N) is 1. The summed E-state index contributed by atoms with van der Waals surface area (Å²) in [6.45, 7) is 0.791. The molecule has 5 heteroatoms. The van der Waals surface area contributed by atoms with Crippen molar-refractivity contribution in [1.29, 1.82) is 0 Å². The van der Waals surface area contributed by atoms with Crippen LogP contribution in [0.15, 0.2) is 42.5 Å². The Morgan fingerprint density at radius 3 is 2.87 bits per heavy atom. The van der Waals surface area contributed by atoms with E-state index in [-0.39, 0.29) is 6.04 Å². The van der Waals surface area contributed by atoms with Crippen LogP contribution in [0.1, 0.15) is 24.4 Å². The maximum absolute atomic E-state index is 11.8. The third-order valence-electron chi connectivity index (χ3n) is 4.64. The van der Waals surface area contributed by atoms with E-state index in [1.165, 1.54) is 0 Å². The number of carboxylic acids is 1. The van der Waals surface area contributed by atoms with Crippen molar-refractivity contribution in [2.45, 2.75) is 18.9 Å². The van der Waals surface area contributed by atoms with Gasteiger partial charge in [-0.05, 0) is 37.1 Å². The molecule has 1 saturated heterocycles. The number of anilines is 1. The molecule has 0 bridgehead atoms. The lowest BCUT2D eigenvalue weighted by Crippen LogP contribution is -2.41. The molecular weight excluding hydrogens is 314 g/mol. The SMILES string of the molecule is O=C(O)[C@H]1CCCN2c3cc(Cl)ccc3Oc3ccccc3[C@@H]12. The van der Waals surface area contributed by atoms with Crippen LogP contribution in [0.4, 0.5) is 5.69 Å². The average molecular weight is 330 g/mol. The molecule has 2 heterocycles. The molecule has 0 saturated carbocycles. The Morgan fingerprint density at radius 1 is 1.22 bits per heavy atom. The Kier molecular flexibility index (Phi) is 3.42. The lowest BCUT2D eigenvalue weighted by molar-refractivity contribution is -0.143. The van der Waals surface area contributed by atoms with E-state index in [1.807, 2.05) is 36.4 Å². The Morgan fingerprint density at radius 2 is 2.04 bits per heavy atom. The van der Waals surface area contributed by atoms with E-state index < -0.39 is 11.9 Å². The molecule has 1 N–H and O–H groups in total. The number of ether oxygens (including phenoxy) is 1. The second-order valence-electron chi connectivity index (χ2n) is 5.98. The summed E-state index contributed by atoms with van der Waals surface area (Å²) in [5, 5.41) is 10.3. The quantitative estimate of drug-likeness (QED) is 0.837. The van der Waals surface area contributed by atoms with Crippen LogP contribution in [0.5, 0.6) is 11.5 Å². The van der Waals surface area contributed by atoms with Gasteiger partial charge in [0.1, 0.15) is 5.75 Å². The van der Waals surface area contributed by atoms with E-state index in [1.54, 1.807) is 6.07 Å². The number of piperidine rings is 1. The number of hydrogen-bond donors (Lipinski definition) is 1. The van der Waals surface area contributed by atoms with Crippen LogP contribution in [0.2, 0.25) is 5.02 Å². The van der Waals surface area contributed by atoms with E-state index in [0.717, 1.165) is 35.7 Å². The van der Waals surface area contributed by atoms with Gasteiger partial charge in [-0.15, -0.1) is 0 Å². The van der Waals surface area contributed by atoms with E-state index in [2.05, 4.69) is 4.90 Å². The monoisotopic (exact) mass is 329 g/mol. The van der Waals surface area contributed by atoms with Gasteiger partial charge >= 0.3 is 5.97 Å². The van der Waals surface area contributed by atoms with Gasteiger partial charge in [0.2, 0.25) is 0 Å². The van der Waals surface area contributed by atoms with Gasteiger partial charge < -0.3 is 14.7 Å². The highest BCUT2D eigenvalue weighted by atomic mass is 35.5. The number of rotatable bonds is 1. The second kappa shape index (κ2) is 5.46. The van der Waals surface area contributed by atoms with Gasteiger partial charge in [0, 0.05) is 17.1 Å². The molecule has 118 valence electrons. The topological polar surface area (TPSA) is 49.8 Å². The fraction of sp³-hybridized carbons (Fsp3) is 0.278. The number of halogens is 1. The van der Waals surface area contributed by atoms with Crippen molar-refractivity contribution >= 4 is 23.3 Å². The Hall–Kier alpha value is -2.20. The molecule has 0 radical (unpaired) electrons. The first-order valence-electron chi connectivity index (χ1n) is 7.71. The van der Waals surface area contributed by atoms with Crippen molar-refractivity contribution in [1.82, 2.24) is 0 Å². The van der Waals surface area contributed by atoms with Crippen molar-refractivity contribution in [2.75, 3.05) is 11.4 Å². The van der Waals surface area contributed by atoms with Crippen LogP contribution in [-0.4, -0.2) is 17.6 Å². The van der Waals surface area contributed by atoms with Crippen LogP contribution in [-0.2, 0) is 4.79 Å². The summed E-state index contributed by atoms with van der Waals surface area (Å²) in [6, 6.07) is 13.0. The van der Waals surface area contributed by atoms with Crippen molar-refractivity contribution in [2.24, 2.45) is 5.92 Å². The molecular formula is C18H16ClNO3. The number of fused-ring (bicyclic) bond motifs is 5. The minimum Gasteiger partial charge on any atom is -0.481 e. The lowest BCUT2D eigenvalue weighted by atomic mass is 9.84. The van der Waals surface area contributed by atoms with Crippen molar-refractivity contribution in [3.05, 3.63) is 53.1 Å². The minimum atomic E-state index is -0.764. The molecule has 0 aliphatic carbocycles. The highest BCUT2D eigenvalue weighted by molar-refractivity contribution is 6.31. The highest BCUT2D eigenvalue weighted by Crippen LogP contribution is 2.49. The van der Waals surface area contributed by atoms with Gasteiger partial charge in [-0.2, -0.15) is 0 Å². The molecule has 2 aliphatic rings. The van der Waals surface area contributed by atoms with Crippen molar-refractivity contribution < 1.29 is 14.6 Å². The lowest BCUT2D eigenvalue weighted by Gasteiger charge is -2.40. The smallest absolute Gasteiger partial charge is 0.308 e. The molecule has 0 aromatic heterocycles. The van der Waals surface area contributed by atoms with Crippen LogP contribution in [0, 0.1) is 5.92 Å². The summed E-state index contributed by atoms with van der Waals surface area (Å²) >= 11 is 6.17. The summed E-state index contributed by atoms with van der Waals surface area (Å²) in [4.78, 5) is 14.0. The van der Waals surface area contributed by atoms with E-state index in [9.17, 15) is 9.90 Å². The van der Waals surface area contributed by atoms with Gasteiger partial charge in [-0.25, -0.2) is 0 Å². The zero-order chi connectivity index (χ0) is 16.0. The Balaban J connectivity index is 1.95. The normalized spacial score (nSPS) is 22.2. The summed E-state index contributed by atoms with van der Waals surface area (Å²) < 4.78 is 6.08. The maximum atomic E-state index is 11.8. The van der Waals surface area contributed by atoms with E-state index >= 15 is 0 Å². The standard InChI is InChI=1S/C18H16ClNO3/c19-11-7-8-16-14(10-11)20-9-3-5-13(18(21)22)17(20)12-4-1-2-6-15(12)23-16/h1-2,4,6-8,10,13,17H,3,5,9H2,(H,21,22)/t13-,17-/m0/s1. The van der Waals surface area contributed by atoms with Crippen molar-refractivity contribution in [3.63, 3.8) is 0 Å². The Labute approximate surface area is 139 Å². The number of benzene rings is 2. The summed E-state index contributed by atoms with van der Waals surface area (Å²) in [6.07, 6.45) is 1.50. The van der Waals surface area contributed by atoms with Crippen LogP contribution in [0.3, 0.4) is 0 Å². The zero-order valence-corrected chi connectivity index (χ0v) is 13.2. The first kappa shape index (κ1) is 14.4. The molecule has 0 spiro atoms. The van der Waals surface area contributed by atoms with E-state index in [0.29, 0.717) is 11.4 Å². The third kappa shape index (κ3) is 2.34. The predicted octanol–water partition coefficient (Wildman–Crippen LogP) is 4.49. The summed E-state index contributed by atoms with van der Waals surface area (Å²) in [5.74, 6) is 0.213. The first-order valence-corrected chi connectivity index (χ1v) is 8.09. The third-order valence-corrected chi connectivity index (χ3v) is 4.87.